The van der Waals surface area contributed by atoms with Crippen molar-refractivity contribution in [1.29, 1.82) is 0 Å². The van der Waals surface area contributed by atoms with E-state index >= 15 is 0 Å². The third-order valence-corrected chi connectivity index (χ3v) is 4.66. The lowest BCUT2D eigenvalue weighted by molar-refractivity contribution is -0.138. The van der Waals surface area contributed by atoms with Crippen LogP contribution in [0.2, 0.25) is 0 Å². The lowest BCUT2D eigenvalue weighted by Gasteiger charge is -2.24. The average Bonchev–Trinajstić information content (AvgIpc) is 2.90. The largest absolute Gasteiger partial charge is 0.378 e. The first kappa shape index (κ1) is 16.7. The molecule has 2 rings (SSSR count). The van der Waals surface area contributed by atoms with Gasteiger partial charge in [0, 0.05) is 32.9 Å². The van der Waals surface area contributed by atoms with Gasteiger partial charge >= 0.3 is 0 Å². The fourth-order valence-electron chi connectivity index (χ4n) is 2.30. The molecule has 0 aliphatic carbocycles. The van der Waals surface area contributed by atoms with Crippen molar-refractivity contribution >= 4 is 29.3 Å². The quantitative estimate of drug-likeness (QED) is 0.799. The van der Waals surface area contributed by atoms with Crippen LogP contribution in [0.3, 0.4) is 0 Å². The Bertz CT molecular complexity index is 531. The summed E-state index contributed by atoms with van der Waals surface area (Å²) in [5.41, 5.74) is 2.24. The van der Waals surface area contributed by atoms with Gasteiger partial charge in [0.2, 0.25) is 11.8 Å². The number of thioether (sulfide) groups is 1. The van der Waals surface area contributed by atoms with Gasteiger partial charge in [-0.3, -0.25) is 9.59 Å². The molecule has 1 heterocycles. The van der Waals surface area contributed by atoms with E-state index in [0.717, 1.165) is 11.3 Å². The number of rotatable bonds is 6. The molecule has 0 aromatic heterocycles. The number of carbonyl (C=O) groups is 2. The third kappa shape index (κ3) is 4.16. The maximum absolute atomic E-state index is 12.4. The van der Waals surface area contributed by atoms with E-state index in [2.05, 4.69) is 0 Å². The Morgan fingerprint density at radius 2 is 1.95 bits per heavy atom. The Kier molecular flexibility index (Phi) is 5.71. The van der Waals surface area contributed by atoms with E-state index in [4.69, 9.17) is 0 Å². The van der Waals surface area contributed by atoms with E-state index in [9.17, 15) is 9.59 Å². The van der Waals surface area contributed by atoms with Crippen LogP contribution in [0, 0.1) is 0 Å². The highest BCUT2D eigenvalue weighted by molar-refractivity contribution is 8.00. The molecule has 1 aliphatic rings. The molecule has 0 unspecified atom stereocenters. The summed E-state index contributed by atoms with van der Waals surface area (Å²) in [5.74, 6) is 1.19. The summed E-state index contributed by atoms with van der Waals surface area (Å²) < 4.78 is 0. The topological polar surface area (TPSA) is 43.9 Å². The monoisotopic (exact) mass is 321 g/mol. The average molecular weight is 321 g/mol. The van der Waals surface area contributed by atoms with Gasteiger partial charge in [0.1, 0.15) is 6.54 Å². The molecule has 1 aromatic carbocycles. The molecule has 1 aromatic rings. The number of anilines is 1. The Hall–Kier alpha value is -1.69. The first-order chi connectivity index (χ1) is 10.5. The van der Waals surface area contributed by atoms with E-state index in [1.165, 1.54) is 0 Å². The first-order valence-corrected chi connectivity index (χ1v) is 8.56. The van der Waals surface area contributed by atoms with Crippen LogP contribution >= 0.6 is 11.8 Å². The zero-order valence-corrected chi connectivity index (χ0v) is 14.2. The van der Waals surface area contributed by atoms with Crippen LogP contribution in [-0.4, -0.2) is 60.4 Å². The lowest BCUT2D eigenvalue weighted by Crippen LogP contribution is -2.40. The van der Waals surface area contributed by atoms with Crippen LogP contribution < -0.4 is 4.90 Å². The zero-order valence-electron chi connectivity index (χ0n) is 13.4. The van der Waals surface area contributed by atoms with E-state index < -0.39 is 0 Å². The Balaban J connectivity index is 1.95. The van der Waals surface area contributed by atoms with Crippen LogP contribution in [0.4, 0.5) is 5.69 Å². The number of nitrogens with zero attached hydrogens (tertiary/aromatic N) is 3. The highest BCUT2D eigenvalue weighted by atomic mass is 32.2. The summed E-state index contributed by atoms with van der Waals surface area (Å²) in [6, 6.07) is 8.19. The second-order valence-corrected chi connectivity index (χ2v) is 6.49. The number of likely N-dealkylation sites (N-methyl/N-ethyl adjacent to an activating group) is 1. The standard InChI is InChI=1S/C16H23N3O2S/c1-4-18(15(20)10-19-12-22-11-16(19)21)9-13-5-7-14(8-6-13)17(2)3/h5-8H,4,9-12H2,1-3H3. The second-order valence-electron chi connectivity index (χ2n) is 5.54. The van der Waals surface area contributed by atoms with Crippen molar-refractivity contribution < 1.29 is 9.59 Å². The molecule has 0 spiro atoms. The van der Waals surface area contributed by atoms with Crippen LogP contribution in [0.1, 0.15) is 12.5 Å². The summed E-state index contributed by atoms with van der Waals surface area (Å²) >= 11 is 1.56. The maximum Gasteiger partial charge on any atom is 0.242 e. The molecule has 0 radical (unpaired) electrons. The van der Waals surface area contributed by atoms with Gasteiger partial charge < -0.3 is 14.7 Å². The zero-order chi connectivity index (χ0) is 16.1. The molecule has 22 heavy (non-hydrogen) atoms. The SMILES string of the molecule is CCN(Cc1ccc(N(C)C)cc1)C(=O)CN1CSCC1=O. The number of hydrogen-bond donors (Lipinski definition) is 0. The summed E-state index contributed by atoms with van der Waals surface area (Å²) in [4.78, 5) is 29.4. The van der Waals surface area contributed by atoms with E-state index in [1.54, 1.807) is 21.6 Å². The summed E-state index contributed by atoms with van der Waals surface area (Å²) in [6.45, 7) is 3.38. The smallest absolute Gasteiger partial charge is 0.242 e. The number of hydrogen-bond acceptors (Lipinski definition) is 4. The highest BCUT2D eigenvalue weighted by Gasteiger charge is 2.24. The van der Waals surface area contributed by atoms with Gasteiger partial charge in [-0.2, -0.15) is 0 Å². The summed E-state index contributed by atoms with van der Waals surface area (Å²) in [5, 5.41) is 0. The van der Waals surface area contributed by atoms with Gasteiger partial charge in [0.25, 0.3) is 0 Å². The van der Waals surface area contributed by atoms with Crippen LogP contribution in [0.5, 0.6) is 0 Å². The molecular weight excluding hydrogens is 298 g/mol. The van der Waals surface area contributed by atoms with Crippen LogP contribution in [0.25, 0.3) is 0 Å². The molecule has 0 N–H and O–H groups in total. The van der Waals surface area contributed by atoms with Crippen molar-refractivity contribution in [3.63, 3.8) is 0 Å². The normalized spacial score (nSPS) is 14.3. The molecule has 1 aliphatic heterocycles. The van der Waals surface area contributed by atoms with Crippen molar-refractivity contribution in [2.24, 2.45) is 0 Å². The molecule has 2 amide bonds. The minimum absolute atomic E-state index is 0.00929. The van der Waals surface area contributed by atoms with Crippen molar-refractivity contribution in [2.45, 2.75) is 13.5 Å². The highest BCUT2D eigenvalue weighted by Crippen LogP contribution is 2.16. The Morgan fingerprint density at radius 1 is 1.27 bits per heavy atom. The van der Waals surface area contributed by atoms with Gasteiger partial charge in [0.15, 0.2) is 0 Å². The number of carbonyl (C=O) groups excluding carboxylic acids is 2. The molecular formula is C16H23N3O2S. The molecule has 0 saturated carbocycles. The van der Waals surface area contributed by atoms with E-state index in [1.807, 2.05) is 50.2 Å². The molecule has 0 bridgehead atoms. The van der Waals surface area contributed by atoms with E-state index in [-0.39, 0.29) is 18.4 Å². The minimum Gasteiger partial charge on any atom is -0.378 e. The fraction of sp³-hybridized carbons (Fsp3) is 0.500. The molecule has 5 nitrogen and oxygen atoms in total. The Morgan fingerprint density at radius 3 is 2.45 bits per heavy atom. The van der Waals surface area contributed by atoms with E-state index in [0.29, 0.717) is 24.7 Å². The number of benzene rings is 1. The van der Waals surface area contributed by atoms with Crippen molar-refractivity contribution in [3.8, 4) is 0 Å². The summed E-state index contributed by atoms with van der Waals surface area (Å²) in [6.07, 6.45) is 0. The van der Waals surface area contributed by atoms with Crippen molar-refractivity contribution in [2.75, 3.05) is 43.7 Å². The molecule has 6 heteroatoms. The van der Waals surface area contributed by atoms with Crippen molar-refractivity contribution in [1.82, 2.24) is 9.80 Å². The molecule has 120 valence electrons. The third-order valence-electron chi connectivity index (χ3n) is 3.71. The van der Waals surface area contributed by atoms with Crippen molar-refractivity contribution in [3.05, 3.63) is 29.8 Å². The van der Waals surface area contributed by atoms with Gasteiger partial charge in [-0.15, -0.1) is 11.8 Å². The molecule has 1 fully saturated rings. The Labute approximate surface area is 136 Å². The second kappa shape index (κ2) is 7.54. The van der Waals surface area contributed by atoms with Gasteiger partial charge in [-0.05, 0) is 24.6 Å². The molecule has 1 saturated heterocycles. The van der Waals surface area contributed by atoms with Crippen LogP contribution in [0.15, 0.2) is 24.3 Å². The maximum atomic E-state index is 12.4. The number of amides is 2. The fourth-order valence-corrected chi connectivity index (χ4v) is 3.20. The predicted molar refractivity (Wildman–Crippen MR) is 90.9 cm³/mol. The van der Waals surface area contributed by atoms with Gasteiger partial charge in [-0.25, -0.2) is 0 Å². The minimum atomic E-state index is 0.00929. The van der Waals surface area contributed by atoms with Crippen LogP contribution in [-0.2, 0) is 16.1 Å². The summed E-state index contributed by atoms with van der Waals surface area (Å²) in [7, 11) is 4.00. The predicted octanol–water partition coefficient (Wildman–Crippen LogP) is 1.63. The lowest BCUT2D eigenvalue weighted by atomic mass is 10.2. The van der Waals surface area contributed by atoms with Gasteiger partial charge in [-0.1, -0.05) is 12.1 Å². The molecule has 0 atom stereocenters. The first-order valence-electron chi connectivity index (χ1n) is 7.40. The van der Waals surface area contributed by atoms with Gasteiger partial charge in [0.05, 0.1) is 11.6 Å².